The summed E-state index contributed by atoms with van der Waals surface area (Å²) >= 11 is 0. The standard InChI is InChI=1S/C16H23N3O3S/c1-3-18-23(21,22)14-5-4-12-6-7-19(15(12)8-14)16(20)11(2)13-9-17-10-13/h4-5,8,11,13,17-18H,3,6-7,9-10H2,1-2H3. The van der Waals surface area contributed by atoms with Crippen LogP contribution < -0.4 is 14.9 Å². The molecule has 0 bridgehead atoms. The minimum Gasteiger partial charge on any atom is -0.316 e. The van der Waals surface area contributed by atoms with Crippen molar-refractivity contribution in [2.24, 2.45) is 11.8 Å². The Morgan fingerprint density at radius 3 is 2.78 bits per heavy atom. The monoisotopic (exact) mass is 337 g/mol. The molecular formula is C16H23N3O3S. The number of fused-ring (bicyclic) bond motifs is 1. The molecule has 0 saturated carbocycles. The molecule has 126 valence electrons. The molecule has 1 fully saturated rings. The Morgan fingerprint density at radius 1 is 1.43 bits per heavy atom. The number of nitrogens with zero attached hydrogens (tertiary/aromatic N) is 1. The summed E-state index contributed by atoms with van der Waals surface area (Å²) in [5.41, 5.74) is 1.78. The van der Waals surface area contributed by atoms with Gasteiger partial charge in [-0.05, 0) is 43.1 Å². The molecule has 1 saturated heterocycles. The maximum atomic E-state index is 12.8. The smallest absolute Gasteiger partial charge is 0.240 e. The van der Waals surface area contributed by atoms with Gasteiger partial charge in [0.25, 0.3) is 0 Å². The van der Waals surface area contributed by atoms with Gasteiger partial charge in [0.05, 0.1) is 4.90 Å². The van der Waals surface area contributed by atoms with Crippen LogP contribution in [-0.4, -0.2) is 40.5 Å². The van der Waals surface area contributed by atoms with E-state index in [-0.39, 0.29) is 16.7 Å². The van der Waals surface area contributed by atoms with Gasteiger partial charge >= 0.3 is 0 Å². The topological polar surface area (TPSA) is 78.5 Å². The van der Waals surface area contributed by atoms with Gasteiger partial charge in [0.1, 0.15) is 0 Å². The number of anilines is 1. The summed E-state index contributed by atoms with van der Waals surface area (Å²) in [4.78, 5) is 14.7. The average Bonchev–Trinajstić information content (AvgIpc) is 2.87. The van der Waals surface area contributed by atoms with E-state index in [1.807, 2.05) is 13.0 Å². The molecule has 0 radical (unpaired) electrons. The van der Waals surface area contributed by atoms with Crippen molar-refractivity contribution in [3.8, 4) is 0 Å². The maximum absolute atomic E-state index is 12.8. The van der Waals surface area contributed by atoms with Crippen molar-refractivity contribution in [3.63, 3.8) is 0 Å². The number of carbonyl (C=O) groups excluding carboxylic acids is 1. The Bertz CT molecular complexity index is 713. The molecule has 6 nitrogen and oxygen atoms in total. The number of rotatable bonds is 5. The van der Waals surface area contributed by atoms with Crippen LogP contribution >= 0.6 is 0 Å². The van der Waals surface area contributed by atoms with Gasteiger partial charge in [-0.1, -0.05) is 19.9 Å². The van der Waals surface area contributed by atoms with Gasteiger partial charge in [-0.15, -0.1) is 0 Å². The van der Waals surface area contributed by atoms with Gasteiger partial charge in [0.2, 0.25) is 15.9 Å². The van der Waals surface area contributed by atoms with E-state index in [9.17, 15) is 13.2 Å². The van der Waals surface area contributed by atoms with Gasteiger partial charge in [-0.2, -0.15) is 0 Å². The summed E-state index contributed by atoms with van der Waals surface area (Å²) < 4.78 is 26.9. The predicted octanol–water partition coefficient (Wildman–Crippen LogP) is 0.729. The third-order valence-corrected chi connectivity index (χ3v) is 6.32. The zero-order valence-electron chi connectivity index (χ0n) is 13.5. The summed E-state index contributed by atoms with van der Waals surface area (Å²) in [6.07, 6.45) is 0.776. The Morgan fingerprint density at radius 2 is 2.17 bits per heavy atom. The third kappa shape index (κ3) is 3.00. The Hall–Kier alpha value is -1.44. The van der Waals surface area contributed by atoms with Crippen LogP contribution in [-0.2, 0) is 21.2 Å². The lowest BCUT2D eigenvalue weighted by atomic mass is 9.88. The van der Waals surface area contributed by atoms with Crippen LogP contribution in [0.1, 0.15) is 19.4 Å². The molecule has 0 aromatic heterocycles. The first-order valence-electron chi connectivity index (χ1n) is 8.08. The Labute approximate surface area is 137 Å². The van der Waals surface area contributed by atoms with Crippen LogP contribution in [0.25, 0.3) is 0 Å². The first kappa shape index (κ1) is 16.4. The Balaban J connectivity index is 1.87. The van der Waals surface area contributed by atoms with Crippen LogP contribution in [0, 0.1) is 11.8 Å². The minimum atomic E-state index is -3.51. The molecule has 1 atom stereocenters. The zero-order valence-corrected chi connectivity index (χ0v) is 14.3. The molecule has 2 heterocycles. The number of amides is 1. The molecule has 0 spiro atoms. The normalized spacial score (nSPS) is 19.3. The van der Waals surface area contributed by atoms with E-state index in [1.54, 1.807) is 24.0 Å². The summed E-state index contributed by atoms with van der Waals surface area (Å²) in [5.74, 6) is 0.421. The second-order valence-electron chi connectivity index (χ2n) is 6.24. The number of benzene rings is 1. The van der Waals surface area contributed by atoms with Crippen molar-refractivity contribution in [3.05, 3.63) is 23.8 Å². The van der Waals surface area contributed by atoms with Gasteiger partial charge < -0.3 is 10.2 Å². The van der Waals surface area contributed by atoms with Crippen molar-refractivity contribution in [2.75, 3.05) is 31.1 Å². The molecule has 1 unspecified atom stereocenters. The van der Waals surface area contributed by atoms with E-state index < -0.39 is 10.0 Å². The molecule has 0 aliphatic carbocycles. The maximum Gasteiger partial charge on any atom is 0.240 e. The first-order valence-corrected chi connectivity index (χ1v) is 9.57. The molecule has 7 heteroatoms. The van der Waals surface area contributed by atoms with Crippen LogP contribution in [0.2, 0.25) is 0 Å². The van der Waals surface area contributed by atoms with E-state index in [2.05, 4.69) is 10.0 Å². The molecule has 2 N–H and O–H groups in total. The Kier molecular flexibility index (Phi) is 4.44. The molecule has 2 aliphatic rings. The van der Waals surface area contributed by atoms with E-state index in [4.69, 9.17) is 0 Å². The molecule has 1 aromatic carbocycles. The predicted molar refractivity (Wildman–Crippen MR) is 88.9 cm³/mol. The quantitative estimate of drug-likeness (QED) is 0.830. The molecular weight excluding hydrogens is 314 g/mol. The lowest BCUT2D eigenvalue weighted by molar-refractivity contribution is -0.123. The lowest BCUT2D eigenvalue weighted by Crippen LogP contribution is -2.50. The van der Waals surface area contributed by atoms with Gasteiger partial charge in [0.15, 0.2) is 0 Å². The number of sulfonamides is 1. The van der Waals surface area contributed by atoms with Crippen molar-refractivity contribution < 1.29 is 13.2 Å². The molecule has 1 amide bonds. The van der Waals surface area contributed by atoms with Crippen LogP contribution in [0.4, 0.5) is 5.69 Å². The van der Waals surface area contributed by atoms with E-state index in [1.165, 1.54) is 0 Å². The summed E-state index contributed by atoms with van der Waals surface area (Å²) in [5, 5.41) is 3.19. The fraction of sp³-hybridized carbons (Fsp3) is 0.562. The second-order valence-corrected chi connectivity index (χ2v) is 8.01. The number of hydrogen-bond donors (Lipinski definition) is 2. The highest BCUT2D eigenvalue weighted by Crippen LogP contribution is 2.33. The summed E-state index contributed by atoms with van der Waals surface area (Å²) in [7, 11) is -3.51. The molecule has 3 rings (SSSR count). The highest BCUT2D eigenvalue weighted by atomic mass is 32.2. The largest absolute Gasteiger partial charge is 0.316 e. The molecule has 2 aliphatic heterocycles. The number of nitrogens with one attached hydrogen (secondary N) is 2. The second kappa shape index (κ2) is 6.22. The summed E-state index contributed by atoms with van der Waals surface area (Å²) in [6, 6.07) is 5.07. The van der Waals surface area contributed by atoms with Gasteiger partial charge in [0, 0.05) is 24.7 Å². The van der Waals surface area contributed by atoms with Crippen molar-refractivity contribution in [1.29, 1.82) is 0 Å². The zero-order chi connectivity index (χ0) is 16.6. The summed E-state index contributed by atoms with van der Waals surface area (Å²) in [6.45, 7) is 6.43. The van der Waals surface area contributed by atoms with Crippen LogP contribution in [0.5, 0.6) is 0 Å². The first-order chi connectivity index (χ1) is 10.9. The highest BCUT2D eigenvalue weighted by molar-refractivity contribution is 7.89. The molecule has 23 heavy (non-hydrogen) atoms. The van der Waals surface area contributed by atoms with Crippen LogP contribution in [0.3, 0.4) is 0 Å². The minimum absolute atomic E-state index is 0.0452. The van der Waals surface area contributed by atoms with E-state index in [0.717, 1.165) is 30.8 Å². The van der Waals surface area contributed by atoms with Crippen molar-refractivity contribution in [1.82, 2.24) is 10.0 Å². The SMILES string of the molecule is CCNS(=O)(=O)c1ccc2c(c1)N(C(=O)C(C)C1CNC1)CC2. The third-order valence-electron chi connectivity index (χ3n) is 4.77. The van der Waals surface area contributed by atoms with Gasteiger partial charge in [-0.25, -0.2) is 13.1 Å². The fourth-order valence-electron chi connectivity index (χ4n) is 3.14. The fourth-order valence-corrected chi connectivity index (χ4v) is 4.20. The highest BCUT2D eigenvalue weighted by Gasteiger charge is 2.35. The van der Waals surface area contributed by atoms with E-state index >= 15 is 0 Å². The van der Waals surface area contributed by atoms with Crippen molar-refractivity contribution >= 4 is 21.6 Å². The number of hydrogen-bond acceptors (Lipinski definition) is 4. The van der Waals surface area contributed by atoms with Gasteiger partial charge in [-0.3, -0.25) is 4.79 Å². The van der Waals surface area contributed by atoms with Crippen LogP contribution in [0.15, 0.2) is 23.1 Å². The molecule has 1 aromatic rings. The number of carbonyl (C=O) groups is 1. The van der Waals surface area contributed by atoms with E-state index in [0.29, 0.717) is 19.0 Å². The average molecular weight is 337 g/mol. The van der Waals surface area contributed by atoms with Crippen molar-refractivity contribution in [2.45, 2.75) is 25.2 Å². The lowest BCUT2D eigenvalue weighted by Gasteiger charge is -2.34.